The fraction of sp³-hybridized carbons (Fsp3) is 0.689. The second kappa shape index (κ2) is 367. The van der Waals surface area contributed by atoms with Crippen LogP contribution in [0.15, 0.2) is 60.7 Å². The lowest BCUT2D eigenvalue weighted by molar-refractivity contribution is -0.129. The SMILES string of the molecule is C=O.C=O.C=O.C=O.C=O.C=O.C=O.C=O.C=O.C=O.CC.CC.CC.CC.CC(=O)N1CCCCC1.CC(C)O.CCC(C)C.CCC(C)C.CCC(C)C.CCCCC.CCCCN.CCc1ccccc1.CCc1ccccc1.CN.CN.CN.CN.CN.CN.N.N.N.[HH].[HH]. The first-order chi connectivity index (χ1) is 45.5. The number of likely N-dealkylation sites (tertiary alicyclic amines) is 1. The molecule has 2 aromatic rings. The first-order valence-electron chi connectivity index (χ1n) is 32.6. The van der Waals surface area contributed by atoms with E-state index >= 15 is 0 Å². The highest BCUT2D eigenvalue weighted by Gasteiger charge is 2.11. The number of aliphatic hydroxyl groups is 1. The molecule has 0 spiro atoms. The minimum Gasteiger partial charge on any atom is -0.394 e. The van der Waals surface area contributed by atoms with Gasteiger partial charge in [-0.1, -0.05) is 258 Å². The van der Waals surface area contributed by atoms with Crippen molar-refractivity contribution in [2.24, 2.45) is 57.9 Å². The summed E-state index contributed by atoms with van der Waals surface area (Å²) in [5.74, 6) is 2.88. The Kier molecular flexibility index (Phi) is 727. The maximum absolute atomic E-state index is 10.7. The summed E-state index contributed by atoms with van der Waals surface area (Å²) in [4.78, 5) is 92.6. The Balaban J connectivity index is -0.0000000170. The van der Waals surface area contributed by atoms with Crippen molar-refractivity contribution in [3.05, 3.63) is 71.8 Å². The van der Waals surface area contributed by atoms with E-state index < -0.39 is 0 Å². The monoisotopic (exact) mass is 1420 g/mol. The summed E-state index contributed by atoms with van der Waals surface area (Å²) in [6.45, 7) is 74.7. The zero-order valence-corrected chi connectivity index (χ0v) is 70.5. The van der Waals surface area contributed by atoms with Gasteiger partial charge >= 0.3 is 0 Å². The van der Waals surface area contributed by atoms with Crippen molar-refractivity contribution in [3.63, 3.8) is 0 Å². The van der Waals surface area contributed by atoms with Crippen LogP contribution in [0.5, 0.6) is 0 Å². The van der Waals surface area contributed by atoms with E-state index in [-0.39, 0.29) is 33.3 Å². The highest BCUT2D eigenvalue weighted by Crippen LogP contribution is 2.07. The van der Waals surface area contributed by atoms with Gasteiger partial charge in [-0.15, -0.1) is 0 Å². The topological polar surface area (TPSA) is 498 Å². The third-order valence-corrected chi connectivity index (χ3v) is 8.02. The minimum atomic E-state index is -0.167. The number of carbonyl (C=O) groups is 11. The van der Waals surface area contributed by atoms with E-state index in [2.05, 4.69) is 180 Å². The van der Waals surface area contributed by atoms with E-state index in [1.165, 1.54) is 124 Å². The van der Waals surface area contributed by atoms with Crippen molar-refractivity contribution in [2.45, 2.75) is 263 Å². The Morgan fingerprint density at radius 2 is 0.536 bits per heavy atom. The maximum Gasteiger partial charge on any atom is 0.219 e. The van der Waals surface area contributed by atoms with Crippen molar-refractivity contribution in [1.82, 2.24) is 23.4 Å². The van der Waals surface area contributed by atoms with Crippen LogP contribution in [0.2, 0.25) is 0 Å². The molecule has 23 heteroatoms. The van der Waals surface area contributed by atoms with Crippen LogP contribution >= 0.6 is 0 Å². The summed E-state index contributed by atoms with van der Waals surface area (Å²) in [6.07, 6.45) is 16.2. The number of rotatable bonds is 9. The fourth-order valence-corrected chi connectivity index (χ4v) is 3.19. The number of nitrogens with zero attached hydrogens (tertiary/aromatic N) is 1. The molecule has 1 aliphatic rings. The molecule has 610 valence electrons. The number of carbonyl (C=O) groups excluding carboxylic acids is 11. The van der Waals surface area contributed by atoms with Crippen LogP contribution in [-0.2, 0) is 65.6 Å². The number of amides is 1. The van der Waals surface area contributed by atoms with Crippen molar-refractivity contribution >= 4 is 73.8 Å². The number of hydrogen-bond acceptors (Lipinski definition) is 22. The predicted octanol–water partition coefficient (Wildman–Crippen LogP) is 15.7. The number of benzene rings is 2. The Hall–Kier alpha value is -5.83. The quantitative estimate of drug-likeness (QED) is 0.111. The zero-order chi connectivity index (χ0) is 83.0. The molecular formula is C74H187N11O12. The molecule has 24 N–H and O–H groups in total. The van der Waals surface area contributed by atoms with E-state index in [1.54, 1.807) is 20.8 Å². The van der Waals surface area contributed by atoms with E-state index in [1.807, 2.05) is 140 Å². The first-order valence-corrected chi connectivity index (χ1v) is 32.6. The van der Waals surface area contributed by atoms with Crippen LogP contribution in [-0.4, -0.2) is 152 Å². The average molecular weight is 1420 g/mol. The molecule has 3 rings (SSSR count). The van der Waals surface area contributed by atoms with Gasteiger partial charge in [0.15, 0.2) is 0 Å². The maximum atomic E-state index is 10.7. The minimum absolute atomic E-state index is 0. The summed E-state index contributed by atoms with van der Waals surface area (Å²) < 4.78 is 0. The van der Waals surface area contributed by atoms with Gasteiger partial charge in [-0.3, -0.25) is 4.79 Å². The molecule has 0 unspecified atom stereocenters. The van der Waals surface area contributed by atoms with E-state index in [0.29, 0.717) is 0 Å². The summed E-state index contributed by atoms with van der Waals surface area (Å²) >= 11 is 0. The highest BCUT2D eigenvalue weighted by atomic mass is 16.3. The molecule has 1 fully saturated rings. The third kappa shape index (κ3) is 536. The van der Waals surface area contributed by atoms with Crippen molar-refractivity contribution in [2.75, 3.05) is 61.9 Å². The fourth-order valence-electron chi connectivity index (χ4n) is 3.19. The van der Waals surface area contributed by atoms with Crippen LogP contribution in [0.3, 0.4) is 0 Å². The molecule has 0 bridgehead atoms. The van der Waals surface area contributed by atoms with Crippen LogP contribution in [0, 0.1) is 17.8 Å². The van der Waals surface area contributed by atoms with Gasteiger partial charge in [0.25, 0.3) is 0 Å². The smallest absolute Gasteiger partial charge is 0.219 e. The first kappa shape index (κ1) is 192. The van der Waals surface area contributed by atoms with Gasteiger partial charge in [-0.05, 0) is 130 Å². The molecule has 2 aromatic carbocycles. The number of nitrogens with two attached hydrogens (primary N) is 7. The molecule has 0 saturated carbocycles. The molecule has 23 nitrogen and oxygen atoms in total. The largest absolute Gasteiger partial charge is 0.394 e. The van der Waals surface area contributed by atoms with Crippen LogP contribution in [0.25, 0.3) is 0 Å². The zero-order valence-electron chi connectivity index (χ0n) is 70.5. The van der Waals surface area contributed by atoms with Gasteiger partial charge in [0, 0.05) is 29.0 Å². The lowest BCUT2D eigenvalue weighted by Gasteiger charge is -2.24. The summed E-state index contributed by atoms with van der Waals surface area (Å²) in [5, 5.41) is 8.06. The Bertz CT molecular complexity index is 1020. The number of hydrogen-bond donors (Lipinski definition) is 11. The van der Waals surface area contributed by atoms with Crippen molar-refractivity contribution in [3.8, 4) is 0 Å². The molecular weight excluding hydrogens is 1230 g/mol. The summed E-state index contributed by atoms with van der Waals surface area (Å²) in [7, 11) is 9.00. The Morgan fingerprint density at radius 1 is 0.381 bits per heavy atom. The average Bonchev–Trinajstić information content (AvgIpc) is 3.76. The lowest BCUT2D eigenvalue weighted by Crippen LogP contribution is -2.33. The standard InChI is InChI=1S/2C8H10.C7H13NO.4C5H12.C4H11N.C3H8O.4C2H6.6CH5N.10CH2O.3H3N.2H2/c2*1-2-8-6-4-3-5-7-8;1-7(9)8-5-3-2-4-6-8;3*1-4-5(2)3;1-3-5-4-2;1-2-3-4-5;1-3(2)4;20*1-2;;;;;/h2*3-7H,2H2,1H3;2-6H2,1H3;3*5H,4H2,1-3H3;3-5H2,1-2H3;2-5H2,1H3;3-4H,1-2H3;4*1-2H3;6*2H2,1H3;10*1H2;3*1H3;2*1H. The van der Waals surface area contributed by atoms with E-state index in [0.717, 1.165) is 50.2 Å². The Morgan fingerprint density at radius 3 is 0.598 bits per heavy atom. The predicted molar refractivity (Wildman–Crippen MR) is 446 cm³/mol. The molecule has 0 aromatic heterocycles. The van der Waals surface area contributed by atoms with Gasteiger partial charge < -0.3 is 117 Å². The molecule has 1 amide bonds. The van der Waals surface area contributed by atoms with Crippen LogP contribution < -0.4 is 58.6 Å². The van der Waals surface area contributed by atoms with Gasteiger partial charge in [-0.25, -0.2) is 0 Å². The lowest BCUT2D eigenvalue weighted by atomic mass is 10.1. The second-order valence-corrected chi connectivity index (χ2v) is 15.2. The molecule has 97 heavy (non-hydrogen) atoms. The number of piperidine rings is 1. The highest BCUT2D eigenvalue weighted by molar-refractivity contribution is 5.73. The molecule has 0 aliphatic carbocycles. The molecule has 1 heterocycles. The molecule has 1 saturated heterocycles. The number of aryl methyl sites for hydroxylation is 2. The Labute approximate surface area is 609 Å². The van der Waals surface area contributed by atoms with Gasteiger partial charge in [0.1, 0.15) is 67.9 Å². The number of unbranched alkanes of at least 4 members (excludes halogenated alkanes) is 3. The molecule has 0 atom stereocenters. The molecule has 0 radical (unpaired) electrons. The summed E-state index contributed by atoms with van der Waals surface area (Å²) in [5.41, 5.74) is 35.0. The van der Waals surface area contributed by atoms with Crippen LogP contribution in [0.4, 0.5) is 0 Å². The van der Waals surface area contributed by atoms with E-state index in [4.69, 9.17) is 58.8 Å². The van der Waals surface area contributed by atoms with Crippen molar-refractivity contribution < 1.29 is 60.7 Å². The van der Waals surface area contributed by atoms with Gasteiger partial charge in [0.05, 0.1) is 0 Å². The normalized spacial score (nSPS) is 7.10. The van der Waals surface area contributed by atoms with E-state index in [9.17, 15) is 4.79 Å². The second-order valence-electron chi connectivity index (χ2n) is 15.2. The van der Waals surface area contributed by atoms with Gasteiger partial charge in [0.2, 0.25) is 5.91 Å². The molecule has 1 aliphatic heterocycles. The van der Waals surface area contributed by atoms with Crippen LogP contribution in [0.1, 0.15) is 258 Å². The van der Waals surface area contributed by atoms with Crippen molar-refractivity contribution in [1.29, 1.82) is 0 Å². The third-order valence-electron chi connectivity index (χ3n) is 8.02. The summed E-state index contributed by atoms with van der Waals surface area (Å²) in [6, 6.07) is 20.9. The van der Waals surface area contributed by atoms with Gasteiger partial charge in [-0.2, -0.15) is 0 Å². The number of aliphatic hydroxyl groups excluding tert-OH is 1.